The Morgan fingerprint density at radius 3 is 1.62 bits per heavy atom. The van der Waals surface area contributed by atoms with Gasteiger partial charge >= 0.3 is 18.3 Å². The molecule has 1 aliphatic rings. The number of halogens is 7. The molecule has 1 aliphatic heterocycles. The Hall–Kier alpha value is -11.4. The van der Waals surface area contributed by atoms with Crippen molar-refractivity contribution in [1.29, 1.82) is 0 Å². The van der Waals surface area contributed by atoms with E-state index in [9.17, 15) is 45.8 Å². The molecule has 0 aliphatic carbocycles. The van der Waals surface area contributed by atoms with Crippen LogP contribution in [0.5, 0.6) is 0 Å². The van der Waals surface area contributed by atoms with Gasteiger partial charge in [0.25, 0.3) is 0 Å². The van der Waals surface area contributed by atoms with Crippen molar-refractivity contribution in [1.82, 2.24) is 54.0 Å². The Kier molecular flexibility index (Phi) is 24.6. The number of nitrogens with zero attached hydrogens (tertiary/aromatic N) is 11. The quantitative estimate of drug-likeness (QED) is 0.0712. The molecular formula is C73H71BrF6N14O7. The van der Waals surface area contributed by atoms with Gasteiger partial charge in [0.15, 0.2) is 0 Å². The maximum Gasteiger partial charge on any atom is 0.419 e. The van der Waals surface area contributed by atoms with Gasteiger partial charge in [0.2, 0.25) is 35.7 Å². The van der Waals surface area contributed by atoms with E-state index >= 15 is 0 Å². The maximum absolute atomic E-state index is 13.1. The molecule has 1 unspecified atom stereocenters. The lowest BCUT2D eigenvalue weighted by Crippen LogP contribution is -2.41. The van der Waals surface area contributed by atoms with Gasteiger partial charge in [-0.05, 0) is 168 Å². The van der Waals surface area contributed by atoms with Crippen LogP contribution in [-0.2, 0) is 20.6 Å². The number of nitrogens with two attached hydrogens (primary N) is 1. The fourth-order valence-corrected chi connectivity index (χ4v) is 9.64. The topological polar surface area (TPSA) is 269 Å². The van der Waals surface area contributed by atoms with Gasteiger partial charge in [-0.3, -0.25) is 14.5 Å². The number of aliphatic hydroxyl groups is 1. The summed E-state index contributed by atoms with van der Waals surface area (Å²) in [5, 5.41) is 19.2. The Balaban J connectivity index is 0.000000152. The first-order valence-corrected chi connectivity index (χ1v) is 31.7. The predicted octanol–water partition coefficient (Wildman–Crippen LogP) is 17.2. The number of hydrogen-bond donors (Lipinski definition) is 4. The highest BCUT2D eigenvalue weighted by molar-refractivity contribution is 9.10. The van der Waals surface area contributed by atoms with Gasteiger partial charge in [0, 0.05) is 82.5 Å². The molecule has 0 saturated carbocycles. The van der Waals surface area contributed by atoms with Gasteiger partial charge in [-0.15, -0.1) is 0 Å². The number of aromatic nitrogens is 11. The number of hydrogen-bond acceptors (Lipinski definition) is 16. The SMILES string of the molecule is Brc1cc2ccccc2cn1.CC(C)(C)OC(=O)N1c2cnc(F)cc2CC1O.CC(C)(C)OC(=O)n1ccc2cc(F)ncc21.Cc1cc(F)ncc1N.Cc1cc(F)ncc1NC(=O)OC(C)(C)C.Fc1cc2cc[nH]c2cn1.Fc1cc2ccn(-c3cc4ccccc4cn3)c2cn1. The number of pyridine rings is 8. The zero-order valence-corrected chi connectivity index (χ0v) is 58.2. The van der Waals surface area contributed by atoms with E-state index in [0.717, 1.165) is 53.5 Å². The number of ether oxygens (including phenoxy) is 3. The lowest BCUT2D eigenvalue weighted by Gasteiger charge is -2.26. The summed E-state index contributed by atoms with van der Waals surface area (Å²) in [6.45, 7) is 19.3. The fourth-order valence-electron chi connectivity index (χ4n) is 9.29. The van der Waals surface area contributed by atoms with Gasteiger partial charge in [0.05, 0.1) is 70.8 Å². The molecule has 5 N–H and O–H groups in total. The molecule has 28 heteroatoms. The predicted molar refractivity (Wildman–Crippen MR) is 378 cm³/mol. The van der Waals surface area contributed by atoms with Crippen LogP contribution >= 0.6 is 15.9 Å². The third-order valence-corrected chi connectivity index (χ3v) is 14.3. The molecule has 0 spiro atoms. The number of anilines is 3. The van der Waals surface area contributed by atoms with Crippen LogP contribution < -0.4 is 16.0 Å². The molecule has 21 nitrogen and oxygen atoms in total. The third-order valence-electron chi connectivity index (χ3n) is 13.9. The van der Waals surface area contributed by atoms with Crippen molar-refractivity contribution in [2.75, 3.05) is 16.0 Å². The van der Waals surface area contributed by atoms with Crippen LogP contribution in [0.25, 0.3) is 60.1 Å². The molecule has 2 amide bonds. The van der Waals surface area contributed by atoms with E-state index in [-0.39, 0.29) is 6.42 Å². The minimum Gasteiger partial charge on any atom is -0.444 e. The average molecular weight is 1450 g/mol. The molecule has 14 rings (SSSR count). The van der Waals surface area contributed by atoms with Crippen molar-refractivity contribution in [3.63, 3.8) is 0 Å². The first kappa shape index (κ1) is 75.4. The van der Waals surface area contributed by atoms with Crippen LogP contribution in [0.4, 0.5) is 57.8 Å². The van der Waals surface area contributed by atoms with Crippen molar-refractivity contribution in [3.8, 4) is 5.82 Å². The van der Waals surface area contributed by atoms with E-state index in [4.69, 9.17) is 19.9 Å². The Morgan fingerprint density at radius 1 is 0.525 bits per heavy atom. The van der Waals surface area contributed by atoms with Crippen LogP contribution in [0.3, 0.4) is 0 Å². The molecule has 11 aromatic heterocycles. The number of fused-ring (bicyclic) bond motifs is 6. The van der Waals surface area contributed by atoms with Crippen molar-refractivity contribution in [2.24, 2.45) is 0 Å². The normalized spacial score (nSPS) is 12.3. The van der Waals surface area contributed by atoms with E-state index in [2.05, 4.69) is 78.2 Å². The monoisotopic (exact) mass is 1450 g/mol. The van der Waals surface area contributed by atoms with Gasteiger partial charge in [-0.25, -0.2) is 59.2 Å². The van der Waals surface area contributed by atoms with Gasteiger partial charge in [-0.2, -0.15) is 26.3 Å². The highest BCUT2D eigenvalue weighted by Crippen LogP contribution is 2.33. The number of nitrogen functional groups attached to an aromatic ring is 1. The number of aromatic amines is 1. The number of carbonyl (C=O) groups excluding carboxylic acids is 3. The Labute approximate surface area is 584 Å². The van der Waals surface area contributed by atoms with Crippen molar-refractivity contribution < 1.29 is 60.0 Å². The standard InChI is InChI=1S/C16H10FN3.C12H15FN2O3.C12H13FN2O2.C11H15FN2O2.C9H6BrN.C7H5FN2.C6H7FN2/c17-15-7-12-5-6-20(14(12)10-18-15)16-8-11-3-1-2-4-13(11)9-19-16;1-12(2,3)18-11(17)15-8-6-14-9(13)4-7(8)5-10(15)16;1-12(2,3)17-11(16)15-5-4-8-6-10(13)14-7-9(8)15;1-7-5-9(12)13-6-8(7)14-10(15)16-11(2,3)4;10-9-5-7-3-1-2-4-8(7)6-11-9;8-7-3-5-1-2-9-6(5)4-10-7;1-4-2-6(7)9-3-5(4)8/h1-10H;4,6,10,16H,5H2,1-3H3;4-7H,1-3H3;5-6H,1-4H3,(H,14,15);1-6H;1-4,9H;2-3H,8H2,1H3. The molecule has 12 heterocycles. The van der Waals surface area contributed by atoms with E-state index in [1.54, 1.807) is 101 Å². The molecule has 0 bridgehead atoms. The Morgan fingerprint density at radius 2 is 1.02 bits per heavy atom. The second kappa shape index (κ2) is 33.0. The molecular weight excluding hydrogens is 1380 g/mol. The van der Waals surface area contributed by atoms with Crippen LogP contribution in [0.1, 0.15) is 79.0 Å². The summed E-state index contributed by atoms with van der Waals surface area (Å²) >= 11 is 3.32. The summed E-state index contributed by atoms with van der Waals surface area (Å²) in [6, 6.07) is 33.4. The summed E-state index contributed by atoms with van der Waals surface area (Å²) in [5.74, 6) is -2.37. The largest absolute Gasteiger partial charge is 0.444 e. The molecule has 0 radical (unpaired) electrons. The zero-order valence-electron chi connectivity index (χ0n) is 56.6. The zero-order chi connectivity index (χ0) is 73.5. The molecule has 2 aromatic carbocycles. The molecule has 13 aromatic rings. The minimum atomic E-state index is -1.04. The highest BCUT2D eigenvalue weighted by atomic mass is 79.9. The van der Waals surface area contributed by atoms with E-state index in [1.165, 1.54) is 88.9 Å². The van der Waals surface area contributed by atoms with E-state index in [1.807, 2.05) is 77.8 Å². The first-order chi connectivity index (χ1) is 47.6. The molecule has 101 heavy (non-hydrogen) atoms. The van der Waals surface area contributed by atoms with E-state index in [0.29, 0.717) is 39.1 Å². The van der Waals surface area contributed by atoms with Crippen LogP contribution in [0.2, 0.25) is 0 Å². The highest BCUT2D eigenvalue weighted by Gasteiger charge is 2.36. The van der Waals surface area contributed by atoms with Crippen LogP contribution in [-0.4, -0.2) is 100 Å². The Bertz CT molecular complexity index is 5060. The van der Waals surface area contributed by atoms with Crippen LogP contribution in [0.15, 0.2) is 188 Å². The molecule has 0 fully saturated rings. The van der Waals surface area contributed by atoms with Gasteiger partial charge in [-0.1, -0.05) is 48.5 Å². The summed E-state index contributed by atoms with van der Waals surface area (Å²) < 4.78 is 95.8. The van der Waals surface area contributed by atoms with Crippen LogP contribution in [0, 0.1) is 49.5 Å². The second-order valence-corrected chi connectivity index (χ2v) is 26.1. The smallest absolute Gasteiger partial charge is 0.419 e. The summed E-state index contributed by atoms with van der Waals surface area (Å²) in [6.07, 6.45) is 14.4. The number of rotatable bonds is 2. The number of benzene rings is 2. The van der Waals surface area contributed by atoms with Gasteiger partial charge < -0.3 is 30.0 Å². The van der Waals surface area contributed by atoms with E-state index < -0.39 is 77.0 Å². The number of carbonyl (C=O) groups is 3. The van der Waals surface area contributed by atoms with Crippen molar-refractivity contribution >= 4 is 106 Å². The summed E-state index contributed by atoms with van der Waals surface area (Å²) in [7, 11) is 0. The maximum atomic E-state index is 13.1. The number of H-pyrrole nitrogens is 1. The molecule has 0 saturated heterocycles. The second-order valence-electron chi connectivity index (χ2n) is 25.3. The number of nitrogens with one attached hydrogen (secondary N) is 2. The number of amides is 2. The number of aliphatic hydroxyl groups excluding tert-OH is 1. The van der Waals surface area contributed by atoms with Crippen molar-refractivity contribution in [3.05, 3.63) is 240 Å². The lowest BCUT2D eigenvalue weighted by atomic mass is 10.2. The molecule has 524 valence electrons. The first-order valence-electron chi connectivity index (χ1n) is 30.9. The number of aryl methyl sites for hydroxylation is 2. The van der Waals surface area contributed by atoms with Gasteiger partial charge in [0.1, 0.15) is 33.5 Å². The third kappa shape index (κ3) is 22.1. The summed E-state index contributed by atoms with van der Waals surface area (Å²) in [5.41, 5.74) is 9.01. The fraction of sp³-hybridized carbons (Fsp3) is 0.219. The average Bonchev–Trinajstić information content (AvgIpc) is 1.68. The summed E-state index contributed by atoms with van der Waals surface area (Å²) in [4.78, 5) is 68.8. The molecule has 1 atom stereocenters. The minimum absolute atomic E-state index is 0.175. The van der Waals surface area contributed by atoms with Crippen molar-refractivity contribution in [2.45, 2.75) is 106 Å². The lowest BCUT2D eigenvalue weighted by molar-refractivity contribution is 0.0486.